The van der Waals surface area contributed by atoms with E-state index >= 15 is 0 Å². The number of aliphatic carboxylic acids is 1. The highest BCUT2D eigenvalue weighted by Gasteiger charge is 2.47. The maximum Gasteiger partial charge on any atom is 0.303 e. The standard InChI is InChI=1S/C15H23NO4/c1-10(6-7-13(17)18)8-9-16-14(19)11-4-2-3-5-12(11)15(16)20/h10-12H,2-9H2,1H3,(H,17,18). The van der Waals surface area contributed by atoms with Crippen LogP contribution in [0.4, 0.5) is 0 Å². The van der Waals surface area contributed by atoms with Crippen LogP contribution < -0.4 is 0 Å². The predicted octanol–water partition coefficient (Wildman–Crippen LogP) is 2.05. The van der Waals surface area contributed by atoms with Gasteiger partial charge in [-0.25, -0.2) is 0 Å². The van der Waals surface area contributed by atoms with Crippen molar-refractivity contribution in [2.24, 2.45) is 17.8 Å². The lowest BCUT2D eigenvalue weighted by molar-refractivity contribution is -0.141. The van der Waals surface area contributed by atoms with Crippen molar-refractivity contribution in [1.82, 2.24) is 4.90 Å². The molecule has 3 unspecified atom stereocenters. The molecule has 0 bridgehead atoms. The van der Waals surface area contributed by atoms with Crippen LogP contribution in [0.15, 0.2) is 0 Å². The Balaban J connectivity index is 1.85. The lowest BCUT2D eigenvalue weighted by atomic mass is 9.81. The summed E-state index contributed by atoms with van der Waals surface area (Å²) in [4.78, 5) is 36.4. The fourth-order valence-electron chi connectivity index (χ4n) is 3.32. The second-order valence-corrected chi connectivity index (χ2v) is 6.15. The first-order chi connectivity index (χ1) is 9.50. The highest BCUT2D eigenvalue weighted by Crippen LogP contribution is 2.38. The summed E-state index contributed by atoms with van der Waals surface area (Å²) < 4.78 is 0. The summed E-state index contributed by atoms with van der Waals surface area (Å²) in [6.45, 7) is 2.42. The smallest absolute Gasteiger partial charge is 0.303 e. The fourth-order valence-corrected chi connectivity index (χ4v) is 3.32. The summed E-state index contributed by atoms with van der Waals surface area (Å²) in [5, 5.41) is 8.65. The first kappa shape index (κ1) is 15.0. The molecule has 2 rings (SSSR count). The van der Waals surface area contributed by atoms with Crippen molar-refractivity contribution in [2.45, 2.75) is 51.9 Å². The third-order valence-corrected chi connectivity index (χ3v) is 4.63. The molecule has 0 radical (unpaired) electrons. The van der Waals surface area contributed by atoms with Crippen molar-refractivity contribution in [3.8, 4) is 0 Å². The topological polar surface area (TPSA) is 74.7 Å². The number of hydrogen-bond donors (Lipinski definition) is 1. The minimum absolute atomic E-state index is 0.00475. The third kappa shape index (κ3) is 3.19. The molecular weight excluding hydrogens is 258 g/mol. The predicted molar refractivity (Wildman–Crippen MR) is 72.8 cm³/mol. The van der Waals surface area contributed by atoms with Gasteiger partial charge in [0.25, 0.3) is 0 Å². The number of nitrogens with zero attached hydrogens (tertiary/aromatic N) is 1. The zero-order valence-electron chi connectivity index (χ0n) is 12.0. The molecule has 1 saturated heterocycles. The van der Waals surface area contributed by atoms with Gasteiger partial charge in [0.05, 0.1) is 11.8 Å². The summed E-state index contributed by atoms with van der Waals surface area (Å²) in [7, 11) is 0. The second-order valence-electron chi connectivity index (χ2n) is 6.15. The minimum Gasteiger partial charge on any atom is -0.481 e. The zero-order valence-corrected chi connectivity index (χ0v) is 12.0. The number of carbonyl (C=O) groups is 3. The van der Waals surface area contributed by atoms with E-state index in [2.05, 4.69) is 0 Å². The lowest BCUT2D eigenvalue weighted by Crippen LogP contribution is -2.32. The Morgan fingerprint density at radius 1 is 1.20 bits per heavy atom. The number of fused-ring (bicyclic) bond motifs is 1. The Morgan fingerprint density at radius 2 is 1.75 bits per heavy atom. The molecular formula is C15H23NO4. The van der Waals surface area contributed by atoms with Gasteiger partial charge in [-0.15, -0.1) is 0 Å². The Bertz CT molecular complexity index is 383. The SMILES string of the molecule is CC(CCC(=O)O)CCN1C(=O)C2CCCCC2C1=O. The van der Waals surface area contributed by atoms with Gasteiger partial charge in [-0.2, -0.15) is 0 Å². The summed E-state index contributed by atoms with van der Waals surface area (Å²) >= 11 is 0. The molecule has 0 aromatic rings. The van der Waals surface area contributed by atoms with Crippen LogP contribution in [-0.4, -0.2) is 34.3 Å². The first-order valence-corrected chi connectivity index (χ1v) is 7.57. The quantitative estimate of drug-likeness (QED) is 0.756. The van der Waals surface area contributed by atoms with E-state index in [4.69, 9.17) is 5.11 Å². The van der Waals surface area contributed by atoms with Gasteiger partial charge >= 0.3 is 5.97 Å². The van der Waals surface area contributed by atoms with Gasteiger partial charge < -0.3 is 5.11 Å². The van der Waals surface area contributed by atoms with Gasteiger partial charge in [0.1, 0.15) is 0 Å². The average Bonchev–Trinajstić information content (AvgIpc) is 2.67. The van der Waals surface area contributed by atoms with Crippen molar-refractivity contribution in [3.63, 3.8) is 0 Å². The molecule has 2 aliphatic rings. The monoisotopic (exact) mass is 281 g/mol. The Morgan fingerprint density at radius 3 is 2.25 bits per heavy atom. The number of rotatable bonds is 6. The molecule has 0 aromatic heterocycles. The van der Waals surface area contributed by atoms with Gasteiger partial charge in [-0.05, 0) is 31.6 Å². The average molecular weight is 281 g/mol. The number of carbonyl (C=O) groups excluding carboxylic acids is 2. The minimum atomic E-state index is -0.795. The van der Waals surface area contributed by atoms with Gasteiger partial charge in [0.15, 0.2) is 0 Å². The van der Waals surface area contributed by atoms with Crippen LogP contribution in [0, 0.1) is 17.8 Å². The molecule has 112 valence electrons. The van der Waals surface area contributed by atoms with Gasteiger partial charge in [0, 0.05) is 13.0 Å². The summed E-state index contributed by atoms with van der Waals surface area (Å²) in [6.07, 6.45) is 5.23. The highest BCUT2D eigenvalue weighted by atomic mass is 16.4. The van der Waals surface area contributed by atoms with E-state index in [0.717, 1.165) is 25.7 Å². The van der Waals surface area contributed by atoms with E-state index in [1.165, 1.54) is 4.90 Å². The van der Waals surface area contributed by atoms with Gasteiger partial charge in [-0.1, -0.05) is 19.8 Å². The van der Waals surface area contributed by atoms with Gasteiger partial charge in [-0.3, -0.25) is 19.3 Å². The Labute approximate surface area is 119 Å². The normalized spacial score (nSPS) is 27.6. The molecule has 1 heterocycles. The van der Waals surface area contributed by atoms with Crippen molar-refractivity contribution < 1.29 is 19.5 Å². The van der Waals surface area contributed by atoms with Crippen LogP contribution in [0.1, 0.15) is 51.9 Å². The highest BCUT2D eigenvalue weighted by molar-refractivity contribution is 6.05. The van der Waals surface area contributed by atoms with Gasteiger partial charge in [0.2, 0.25) is 11.8 Å². The molecule has 1 aliphatic carbocycles. The van der Waals surface area contributed by atoms with Crippen LogP contribution >= 0.6 is 0 Å². The molecule has 0 spiro atoms. The third-order valence-electron chi connectivity index (χ3n) is 4.63. The van der Waals surface area contributed by atoms with Crippen molar-refractivity contribution in [2.75, 3.05) is 6.54 Å². The summed E-state index contributed by atoms with van der Waals surface area (Å²) in [5.74, 6) is -0.725. The number of carboxylic acid groups (broad SMARTS) is 1. The zero-order chi connectivity index (χ0) is 14.7. The summed E-state index contributed by atoms with van der Waals surface area (Å²) in [5.41, 5.74) is 0. The fraction of sp³-hybridized carbons (Fsp3) is 0.800. The molecule has 5 heteroatoms. The van der Waals surface area contributed by atoms with E-state index in [9.17, 15) is 14.4 Å². The summed E-state index contributed by atoms with van der Waals surface area (Å²) in [6, 6.07) is 0. The molecule has 1 aliphatic heterocycles. The number of amides is 2. The van der Waals surface area contributed by atoms with Crippen LogP contribution in [0.2, 0.25) is 0 Å². The van der Waals surface area contributed by atoms with E-state index in [1.54, 1.807) is 0 Å². The van der Waals surface area contributed by atoms with Crippen LogP contribution in [0.3, 0.4) is 0 Å². The molecule has 0 aromatic carbocycles. The number of imide groups is 1. The second kappa shape index (κ2) is 6.37. The molecule has 2 amide bonds. The Kier molecular flexibility index (Phi) is 4.78. The Hall–Kier alpha value is -1.39. The molecule has 1 saturated carbocycles. The maximum absolute atomic E-state index is 12.2. The van der Waals surface area contributed by atoms with Crippen LogP contribution in [0.5, 0.6) is 0 Å². The number of carboxylic acids is 1. The van der Waals surface area contributed by atoms with Crippen molar-refractivity contribution >= 4 is 17.8 Å². The molecule has 2 fully saturated rings. The van der Waals surface area contributed by atoms with E-state index in [0.29, 0.717) is 19.4 Å². The largest absolute Gasteiger partial charge is 0.481 e. The molecule has 3 atom stereocenters. The van der Waals surface area contributed by atoms with Crippen LogP contribution in [-0.2, 0) is 14.4 Å². The molecule has 20 heavy (non-hydrogen) atoms. The van der Waals surface area contributed by atoms with E-state index in [1.807, 2.05) is 6.92 Å². The lowest BCUT2D eigenvalue weighted by Gasteiger charge is -2.19. The number of hydrogen-bond acceptors (Lipinski definition) is 3. The van der Waals surface area contributed by atoms with Crippen LogP contribution in [0.25, 0.3) is 0 Å². The van der Waals surface area contributed by atoms with Crippen molar-refractivity contribution in [3.05, 3.63) is 0 Å². The number of likely N-dealkylation sites (tertiary alicyclic amines) is 1. The van der Waals surface area contributed by atoms with E-state index in [-0.39, 0.29) is 36.0 Å². The van der Waals surface area contributed by atoms with E-state index < -0.39 is 5.97 Å². The van der Waals surface area contributed by atoms with Crippen molar-refractivity contribution in [1.29, 1.82) is 0 Å². The maximum atomic E-state index is 12.2. The molecule has 5 nitrogen and oxygen atoms in total. The molecule has 1 N–H and O–H groups in total. The first-order valence-electron chi connectivity index (χ1n) is 7.57.